The quantitative estimate of drug-likeness (QED) is 0.384. The first-order valence-corrected chi connectivity index (χ1v) is 11.6. The molecule has 3 N–H and O–H groups in total. The van der Waals surface area contributed by atoms with Gasteiger partial charge >= 0.3 is 0 Å². The zero-order chi connectivity index (χ0) is 20.4. The highest BCUT2D eigenvalue weighted by molar-refractivity contribution is 7.89. The topological polar surface area (TPSA) is 91.8 Å². The molecule has 0 aromatic heterocycles. The van der Waals surface area contributed by atoms with Gasteiger partial charge in [0.05, 0.1) is 12.9 Å². The Balaban J connectivity index is 1.64. The van der Waals surface area contributed by atoms with Crippen LogP contribution in [0.4, 0.5) is 0 Å². The van der Waals surface area contributed by atoms with Gasteiger partial charge in [-0.2, -0.15) is 0 Å². The fourth-order valence-corrected chi connectivity index (χ4v) is 4.05. The Kier molecular flexibility index (Phi) is 9.05. The van der Waals surface area contributed by atoms with Gasteiger partial charge in [0.15, 0.2) is 5.96 Å². The second-order valence-corrected chi connectivity index (χ2v) is 9.28. The number of methoxy groups -OCH3 is 1. The summed E-state index contributed by atoms with van der Waals surface area (Å²) in [6.07, 6.45) is 4.42. The summed E-state index contributed by atoms with van der Waals surface area (Å²) in [5.41, 5.74) is 1.26. The minimum absolute atomic E-state index is 0.0443. The minimum Gasteiger partial charge on any atom is -0.497 e. The molecule has 1 aromatic rings. The number of sulfonamides is 1. The first-order chi connectivity index (χ1) is 13.4. The highest BCUT2D eigenvalue weighted by atomic mass is 32.2. The fraction of sp³-hybridized carbons (Fsp3) is 0.650. The van der Waals surface area contributed by atoms with Gasteiger partial charge in [0.1, 0.15) is 5.75 Å². The number of hydrogen-bond donors (Lipinski definition) is 3. The van der Waals surface area contributed by atoms with Gasteiger partial charge in [-0.3, -0.25) is 4.99 Å². The van der Waals surface area contributed by atoms with Crippen molar-refractivity contribution in [3.05, 3.63) is 29.8 Å². The van der Waals surface area contributed by atoms with Crippen LogP contribution in [0.3, 0.4) is 0 Å². The van der Waals surface area contributed by atoms with Crippen molar-refractivity contribution in [3.63, 3.8) is 0 Å². The highest BCUT2D eigenvalue weighted by Gasteiger charge is 2.20. The summed E-state index contributed by atoms with van der Waals surface area (Å²) in [6, 6.07) is 8.11. The van der Waals surface area contributed by atoms with Crippen molar-refractivity contribution >= 4 is 16.0 Å². The summed E-state index contributed by atoms with van der Waals surface area (Å²) in [6.45, 7) is 3.83. The smallest absolute Gasteiger partial charge is 0.213 e. The standard InChI is InChI=1S/C20H34N4O3S/c1-16(18-7-9-19(27-3)10-8-18)11-12-22-20(21-2)23-13-14-28(25,26)24-15-17-5-4-6-17/h7-10,16-17,24H,4-6,11-15H2,1-3H3,(H2,21,22,23). The van der Waals surface area contributed by atoms with Gasteiger partial charge in [-0.25, -0.2) is 13.1 Å². The van der Waals surface area contributed by atoms with Gasteiger partial charge in [0, 0.05) is 26.7 Å². The summed E-state index contributed by atoms with van der Waals surface area (Å²) in [4.78, 5) is 4.16. The average Bonchev–Trinajstić information content (AvgIpc) is 2.65. The molecule has 0 amide bonds. The first kappa shape index (κ1) is 22.5. The normalized spacial score (nSPS) is 16.3. The van der Waals surface area contributed by atoms with Gasteiger partial charge in [-0.15, -0.1) is 0 Å². The van der Waals surface area contributed by atoms with Crippen LogP contribution in [0.15, 0.2) is 29.3 Å². The Hall–Kier alpha value is -1.80. The van der Waals surface area contributed by atoms with Gasteiger partial charge in [0.25, 0.3) is 0 Å². The van der Waals surface area contributed by atoms with Crippen LogP contribution in [-0.4, -0.2) is 53.9 Å². The molecule has 8 heteroatoms. The third-order valence-corrected chi connectivity index (χ3v) is 6.61. The maximum atomic E-state index is 12.0. The number of rotatable bonds is 11. The van der Waals surface area contributed by atoms with E-state index in [9.17, 15) is 8.42 Å². The molecule has 1 unspecified atom stereocenters. The monoisotopic (exact) mass is 410 g/mol. The summed E-state index contributed by atoms with van der Waals surface area (Å²) in [5, 5.41) is 6.32. The lowest BCUT2D eigenvalue weighted by Gasteiger charge is -2.25. The van der Waals surface area contributed by atoms with Crippen LogP contribution < -0.4 is 20.1 Å². The zero-order valence-corrected chi connectivity index (χ0v) is 18.0. The number of hydrogen-bond acceptors (Lipinski definition) is 4. The molecular formula is C20H34N4O3S. The predicted molar refractivity (Wildman–Crippen MR) is 115 cm³/mol. The van der Waals surface area contributed by atoms with E-state index in [0.717, 1.165) is 31.6 Å². The van der Waals surface area contributed by atoms with Crippen molar-refractivity contribution in [1.29, 1.82) is 0 Å². The van der Waals surface area contributed by atoms with Crippen molar-refractivity contribution in [1.82, 2.24) is 15.4 Å². The predicted octanol–water partition coefficient (Wildman–Crippen LogP) is 2.07. The molecule has 158 valence electrons. The zero-order valence-electron chi connectivity index (χ0n) is 17.2. The van der Waals surface area contributed by atoms with Crippen molar-refractivity contribution in [3.8, 4) is 5.75 Å². The van der Waals surface area contributed by atoms with E-state index in [1.807, 2.05) is 12.1 Å². The Labute approximate surface area is 169 Å². The van der Waals surface area contributed by atoms with E-state index in [0.29, 0.717) is 30.9 Å². The molecule has 1 saturated carbocycles. The molecule has 0 heterocycles. The Morgan fingerprint density at radius 3 is 2.46 bits per heavy atom. The van der Waals surface area contributed by atoms with Gasteiger partial charge < -0.3 is 15.4 Å². The van der Waals surface area contributed by atoms with Gasteiger partial charge in [-0.05, 0) is 48.8 Å². The van der Waals surface area contributed by atoms with Crippen LogP contribution >= 0.6 is 0 Å². The first-order valence-electron chi connectivity index (χ1n) is 9.99. The van der Waals surface area contributed by atoms with E-state index in [2.05, 4.69) is 39.4 Å². The molecule has 28 heavy (non-hydrogen) atoms. The molecule has 0 spiro atoms. The lowest BCUT2D eigenvalue weighted by molar-refractivity contribution is 0.316. The van der Waals surface area contributed by atoms with Crippen LogP contribution in [0.5, 0.6) is 5.75 Å². The minimum atomic E-state index is -3.24. The van der Waals surface area contributed by atoms with Gasteiger partial charge in [0.2, 0.25) is 10.0 Å². The number of guanidine groups is 1. The molecule has 1 aliphatic carbocycles. The van der Waals surface area contributed by atoms with Crippen LogP contribution in [-0.2, 0) is 10.0 Å². The molecule has 2 rings (SSSR count). The molecule has 0 saturated heterocycles. The molecule has 0 bridgehead atoms. The molecule has 7 nitrogen and oxygen atoms in total. The Morgan fingerprint density at radius 2 is 1.89 bits per heavy atom. The van der Waals surface area contributed by atoms with E-state index < -0.39 is 10.0 Å². The summed E-state index contributed by atoms with van der Waals surface area (Å²) in [7, 11) is 0.111. The van der Waals surface area contributed by atoms with E-state index in [4.69, 9.17) is 4.74 Å². The van der Waals surface area contributed by atoms with Crippen LogP contribution in [0.1, 0.15) is 44.1 Å². The molecule has 0 aliphatic heterocycles. The lowest BCUT2D eigenvalue weighted by atomic mass is 9.86. The molecular weight excluding hydrogens is 376 g/mol. The van der Waals surface area contributed by atoms with Crippen LogP contribution in [0.2, 0.25) is 0 Å². The molecule has 1 fully saturated rings. The molecule has 1 aliphatic rings. The summed E-state index contributed by atoms with van der Waals surface area (Å²) >= 11 is 0. The summed E-state index contributed by atoms with van der Waals surface area (Å²) in [5.74, 6) is 2.44. The van der Waals surface area contributed by atoms with Crippen LogP contribution in [0, 0.1) is 5.92 Å². The largest absolute Gasteiger partial charge is 0.497 e. The average molecular weight is 411 g/mol. The van der Waals surface area contributed by atoms with E-state index in [1.165, 1.54) is 12.0 Å². The van der Waals surface area contributed by atoms with E-state index in [-0.39, 0.29) is 5.75 Å². The molecule has 0 radical (unpaired) electrons. The Bertz CT molecular complexity index is 715. The number of nitrogens with one attached hydrogen (secondary N) is 3. The number of benzene rings is 1. The second-order valence-electron chi connectivity index (χ2n) is 7.35. The van der Waals surface area contributed by atoms with Crippen molar-refractivity contribution in [2.75, 3.05) is 39.5 Å². The molecule has 1 atom stereocenters. The highest BCUT2D eigenvalue weighted by Crippen LogP contribution is 2.25. The van der Waals surface area contributed by atoms with E-state index in [1.54, 1.807) is 14.2 Å². The van der Waals surface area contributed by atoms with Crippen LogP contribution in [0.25, 0.3) is 0 Å². The van der Waals surface area contributed by atoms with Crippen molar-refractivity contribution < 1.29 is 13.2 Å². The summed E-state index contributed by atoms with van der Waals surface area (Å²) < 4.78 is 32.0. The number of ether oxygens (including phenoxy) is 1. The Morgan fingerprint density at radius 1 is 1.21 bits per heavy atom. The van der Waals surface area contributed by atoms with Gasteiger partial charge in [-0.1, -0.05) is 25.5 Å². The van der Waals surface area contributed by atoms with Crippen molar-refractivity contribution in [2.45, 2.75) is 38.5 Å². The maximum absolute atomic E-state index is 12.0. The second kappa shape index (κ2) is 11.3. The number of nitrogens with zero attached hydrogens (tertiary/aromatic N) is 1. The molecule has 1 aromatic carbocycles. The fourth-order valence-electron chi connectivity index (χ4n) is 3.04. The van der Waals surface area contributed by atoms with E-state index >= 15 is 0 Å². The third-order valence-electron chi connectivity index (χ3n) is 5.26. The maximum Gasteiger partial charge on any atom is 0.213 e. The van der Waals surface area contributed by atoms with Crippen molar-refractivity contribution in [2.24, 2.45) is 10.9 Å². The third kappa shape index (κ3) is 7.67. The number of aliphatic imine (C=N–C) groups is 1. The SMILES string of the molecule is CN=C(NCCC(C)c1ccc(OC)cc1)NCCS(=O)(=O)NCC1CCC1. The lowest BCUT2D eigenvalue weighted by Crippen LogP contribution is -2.42.